The molecular formula is C18H23N3O4. The highest BCUT2D eigenvalue weighted by Crippen LogP contribution is 2.16. The van der Waals surface area contributed by atoms with Crippen LogP contribution in [0.5, 0.6) is 0 Å². The van der Waals surface area contributed by atoms with Gasteiger partial charge in [0.15, 0.2) is 0 Å². The van der Waals surface area contributed by atoms with Gasteiger partial charge in [-0.05, 0) is 12.0 Å². The van der Waals surface area contributed by atoms with E-state index < -0.39 is 18.1 Å². The third-order valence-electron chi connectivity index (χ3n) is 3.61. The van der Waals surface area contributed by atoms with Crippen molar-refractivity contribution in [2.24, 2.45) is 0 Å². The van der Waals surface area contributed by atoms with E-state index in [4.69, 9.17) is 9.47 Å². The molecule has 0 aliphatic heterocycles. The van der Waals surface area contributed by atoms with E-state index in [0.29, 0.717) is 5.69 Å². The van der Waals surface area contributed by atoms with E-state index in [1.54, 1.807) is 6.20 Å². The first-order valence-corrected chi connectivity index (χ1v) is 8.20. The summed E-state index contributed by atoms with van der Waals surface area (Å²) in [6, 6.07) is 8.78. The van der Waals surface area contributed by atoms with E-state index in [-0.39, 0.29) is 13.0 Å². The number of aromatic nitrogens is 2. The maximum atomic E-state index is 12.1. The minimum Gasteiger partial charge on any atom is -0.469 e. The van der Waals surface area contributed by atoms with Crippen molar-refractivity contribution in [1.82, 2.24) is 15.3 Å². The fraction of sp³-hybridized carbons (Fsp3) is 0.389. The normalized spacial score (nSPS) is 11.6. The molecule has 1 aromatic heterocycles. The Labute approximate surface area is 146 Å². The SMILES string of the molecule is CCCc1ncc(C(CC(=O)OC)NC(=O)OCc2ccccc2)[nH]1. The number of aryl methyl sites for hydroxylation is 1. The summed E-state index contributed by atoms with van der Waals surface area (Å²) >= 11 is 0. The lowest BCUT2D eigenvalue weighted by molar-refractivity contribution is -0.141. The van der Waals surface area contributed by atoms with Gasteiger partial charge in [0.1, 0.15) is 12.4 Å². The molecule has 2 rings (SSSR count). The van der Waals surface area contributed by atoms with Crippen LogP contribution in [0, 0.1) is 0 Å². The van der Waals surface area contributed by atoms with Crippen LogP contribution in [0.4, 0.5) is 4.79 Å². The number of benzene rings is 1. The van der Waals surface area contributed by atoms with E-state index in [1.807, 2.05) is 37.3 Å². The summed E-state index contributed by atoms with van der Waals surface area (Å²) in [6.45, 7) is 2.20. The quantitative estimate of drug-likeness (QED) is 0.718. The van der Waals surface area contributed by atoms with E-state index in [0.717, 1.165) is 24.2 Å². The zero-order valence-corrected chi connectivity index (χ0v) is 14.5. The first-order valence-electron chi connectivity index (χ1n) is 8.20. The number of hydrogen-bond donors (Lipinski definition) is 2. The number of imidazole rings is 1. The first kappa shape index (κ1) is 18.5. The monoisotopic (exact) mass is 345 g/mol. The molecule has 0 aliphatic rings. The zero-order valence-electron chi connectivity index (χ0n) is 14.5. The van der Waals surface area contributed by atoms with Gasteiger partial charge < -0.3 is 19.8 Å². The number of rotatable bonds is 8. The Balaban J connectivity index is 1.99. The summed E-state index contributed by atoms with van der Waals surface area (Å²) in [5.74, 6) is 0.381. The van der Waals surface area contributed by atoms with Crippen molar-refractivity contribution >= 4 is 12.1 Å². The molecule has 0 saturated heterocycles. The molecule has 7 heteroatoms. The molecule has 0 aliphatic carbocycles. The molecule has 0 radical (unpaired) electrons. The molecule has 2 N–H and O–H groups in total. The summed E-state index contributed by atoms with van der Waals surface area (Å²) in [4.78, 5) is 31.1. The fourth-order valence-corrected chi connectivity index (χ4v) is 2.32. The number of aromatic amines is 1. The van der Waals surface area contributed by atoms with Gasteiger partial charge in [0, 0.05) is 6.42 Å². The maximum absolute atomic E-state index is 12.1. The Morgan fingerprint density at radius 2 is 2.04 bits per heavy atom. The fourth-order valence-electron chi connectivity index (χ4n) is 2.32. The van der Waals surface area contributed by atoms with Gasteiger partial charge in [0.25, 0.3) is 0 Å². The molecule has 1 amide bonds. The van der Waals surface area contributed by atoms with Crippen molar-refractivity contribution in [2.45, 2.75) is 38.8 Å². The summed E-state index contributed by atoms with van der Waals surface area (Å²) in [7, 11) is 1.31. The number of hydrogen-bond acceptors (Lipinski definition) is 5. The lowest BCUT2D eigenvalue weighted by Gasteiger charge is -2.16. The lowest BCUT2D eigenvalue weighted by Crippen LogP contribution is -2.31. The number of H-pyrrole nitrogens is 1. The second-order valence-electron chi connectivity index (χ2n) is 5.57. The molecule has 0 spiro atoms. The van der Waals surface area contributed by atoms with E-state index in [9.17, 15) is 9.59 Å². The molecule has 2 aromatic rings. The van der Waals surface area contributed by atoms with Crippen LogP contribution in [0.25, 0.3) is 0 Å². The predicted molar refractivity (Wildman–Crippen MR) is 91.7 cm³/mol. The number of nitrogens with zero attached hydrogens (tertiary/aromatic N) is 1. The average molecular weight is 345 g/mol. The highest BCUT2D eigenvalue weighted by atomic mass is 16.5. The largest absolute Gasteiger partial charge is 0.469 e. The summed E-state index contributed by atoms with van der Waals surface area (Å²) in [5.41, 5.74) is 1.53. The molecule has 0 fully saturated rings. The zero-order chi connectivity index (χ0) is 18.1. The van der Waals surface area contributed by atoms with Crippen LogP contribution >= 0.6 is 0 Å². The van der Waals surface area contributed by atoms with Crippen molar-refractivity contribution in [1.29, 1.82) is 0 Å². The second kappa shape index (κ2) is 9.46. The van der Waals surface area contributed by atoms with Crippen molar-refractivity contribution in [3.63, 3.8) is 0 Å². The summed E-state index contributed by atoms with van der Waals surface area (Å²) in [5, 5.41) is 2.69. The second-order valence-corrected chi connectivity index (χ2v) is 5.57. The van der Waals surface area contributed by atoms with Gasteiger partial charge in [-0.2, -0.15) is 0 Å². The Bertz CT molecular complexity index is 685. The first-order chi connectivity index (χ1) is 12.1. The van der Waals surface area contributed by atoms with Gasteiger partial charge in [0.2, 0.25) is 0 Å². The van der Waals surface area contributed by atoms with Gasteiger partial charge in [-0.1, -0.05) is 37.3 Å². The number of carbonyl (C=O) groups is 2. The number of esters is 1. The van der Waals surface area contributed by atoms with Gasteiger partial charge in [-0.3, -0.25) is 4.79 Å². The predicted octanol–water partition coefficient (Wildman–Crippen LogP) is 2.89. The number of alkyl carbamates (subject to hydrolysis) is 1. The molecule has 1 atom stereocenters. The highest BCUT2D eigenvalue weighted by molar-refractivity contribution is 5.73. The molecule has 7 nitrogen and oxygen atoms in total. The van der Waals surface area contributed by atoms with E-state index >= 15 is 0 Å². The molecule has 1 heterocycles. The lowest BCUT2D eigenvalue weighted by atomic mass is 10.1. The smallest absolute Gasteiger partial charge is 0.408 e. The summed E-state index contributed by atoms with van der Waals surface area (Å²) < 4.78 is 9.92. The van der Waals surface area contributed by atoms with Gasteiger partial charge >= 0.3 is 12.1 Å². The molecular weight excluding hydrogens is 322 g/mol. The highest BCUT2D eigenvalue weighted by Gasteiger charge is 2.21. The average Bonchev–Trinajstić information content (AvgIpc) is 3.09. The van der Waals surface area contributed by atoms with Crippen LogP contribution in [-0.4, -0.2) is 29.1 Å². The van der Waals surface area contributed by atoms with Crippen LogP contribution < -0.4 is 5.32 Å². The Morgan fingerprint density at radius 3 is 2.72 bits per heavy atom. The minimum absolute atomic E-state index is 0.00923. The molecule has 134 valence electrons. The van der Waals surface area contributed by atoms with E-state index in [1.165, 1.54) is 7.11 Å². The van der Waals surface area contributed by atoms with Crippen molar-refractivity contribution < 1.29 is 19.1 Å². The standard InChI is InChI=1S/C18H23N3O4/c1-3-7-16-19-11-15(20-16)14(10-17(22)24-2)21-18(23)25-12-13-8-5-4-6-9-13/h4-6,8-9,11,14H,3,7,10,12H2,1-2H3,(H,19,20)(H,21,23). The topological polar surface area (TPSA) is 93.3 Å². The number of amides is 1. The molecule has 0 bridgehead atoms. The van der Waals surface area contributed by atoms with Crippen LogP contribution in [0.2, 0.25) is 0 Å². The third kappa shape index (κ3) is 5.95. The third-order valence-corrected chi connectivity index (χ3v) is 3.61. The number of ether oxygens (including phenoxy) is 2. The molecule has 0 saturated carbocycles. The Morgan fingerprint density at radius 1 is 1.28 bits per heavy atom. The van der Waals surface area contributed by atoms with Gasteiger partial charge in [-0.15, -0.1) is 0 Å². The van der Waals surface area contributed by atoms with Crippen LogP contribution in [0.1, 0.15) is 42.9 Å². The summed E-state index contributed by atoms with van der Waals surface area (Å²) in [6.07, 6.45) is 2.75. The van der Waals surface area contributed by atoms with Crippen molar-refractivity contribution in [3.8, 4) is 0 Å². The number of carbonyl (C=O) groups excluding carboxylic acids is 2. The molecule has 1 aromatic carbocycles. The number of nitrogens with one attached hydrogen (secondary N) is 2. The Hall–Kier alpha value is -2.83. The maximum Gasteiger partial charge on any atom is 0.408 e. The minimum atomic E-state index is -0.607. The van der Waals surface area contributed by atoms with Crippen molar-refractivity contribution in [2.75, 3.05) is 7.11 Å². The van der Waals surface area contributed by atoms with Crippen LogP contribution in [0.15, 0.2) is 36.5 Å². The number of methoxy groups -OCH3 is 1. The molecule has 1 unspecified atom stereocenters. The van der Waals surface area contributed by atoms with Gasteiger partial charge in [0.05, 0.1) is 31.5 Å². The van der Waals surface area contributed by atoms with Crippen molar-refractivity contribution in [3.05, 3.63) is 53.6 Å². The van der Waals surface area contributed by atoms with E-state index in [2.05, 4.69) is 15.3 Å². The van der Waals surface area contributed by atoms with Gasteiger partial charge in [-0.25, -0.2) is 9.78 Å². The van der Waals surface area contributed by atoms with Crippen LogP contribution in [0.3, 0.4) is 0 Å². The van der Waals surface area contributed by atoms with Crippen LogP contribution in [-0.2, 0) is 27.3 Å². The Kier molecular flexibility index (Phi) is 7.00. The molecule has 25 heavy (non-hydrogen) atoms.